The van der Waals surface area contributed by atoms with E-state index in [1.807, 2.05) is 11.8 Å². The summed E-state index contributed by atoms with van der Waals surface area (Å²) in [5.74, 6) is 3.70. The van der Waals surface area contributed by atoms with Gasteiger partial charge in [0, 0.05) is 25.8 Å². The fourth-order valence-corrected chi connectivity index (χ4v) is 6.21. The third kappa shape index (κ3) is 4.10. The van der Waals surface area contributed by atoms with E-state index in [9.17, 15) is 0 Å². The molecule has 0 spiro atoms. The molecule has 0 aliphatic carbocycles. The Kier molecular flexibility index (Phi) is 7.21. The molecule has 0 saturated carbocycles. The molecule has 5 rings (SSSR count). The van der Waals surface area contributed by atoms with Gasteiger partial charge in [0.15, 0.2) is 0 Å². The van der Waals surface area contributed by atoms with Crippen molar-refractivity contribution >= 4 is 23.1 Å². The number of nitrogens with zero attached hydrogens (tertiary/aromatic N) is 1. The summed E-state index contributed by atoms with van der Waals surface area (Å²) in [5.41, 5.74) is 13.3. The molecule has 0 unspecified atom stereocenters. The van der Waals surface area contributed by atoms with E-state index in [1.54, 1.807) is 0 Å². The molecule has 0 N–H and O–H groups in total. The standard InChI is InChI=1S/C31H33NS.Ir/c1-18(2)23-9-8-10-24(19(3)4)29(23)22-12-13-25-26(16-22)27-15-21(7)11-14-28(27)32-17-33-31(20(5)6)30(25)32;/h8-13,15-20H,1-7H3;/q-2;. The Morgan fingerprint density at radius 2 is 1.50 bits per heavy atom. The fourth-order valence-electron chi connectivity index (χ4n) is 5.19. The molecule has 3 aromatic carbocycles. The van der Waals surface area contributed by atoms with Crippen LogP contribution < -0.4 is 4.90 Å². The number of aryl methyl sites for hydroxylation is 1. The van der Waals surface area contributed by atoms with Gasteiger partial charge in [-0.2, -0.15) is 29.6 Å². The van der Waals surface area contributed by atoms with Crippen molar-refractivity contribution in [1.82, 2.24) is 0 Å². The maximum Gasteiger partial charge on any atom is 0.0248 e. The van der Waals surface area contributed by atoms with Gasteiger partial charge in [0.05, 0.1) is 0 Å². The summed E-state index contributed by atoms with van der Waals surface area (Å²) in [6, 6.07) is 22.0. The first-order valence-corrected chi connectivity index (χ1v) is 13.0. The number of hydrogen-bond donors (Lipinski definition) is 0. The van der Waals surface area contributed by atoms with Gasteiger partial charge in [0.25, 0.3) is 0 Å². The molecule has 2 heterocycles. The summed E-state index contributed by atoms with van der Waals surface area (Å²) in [5, 5.41) is 0. The molecule has 1 radical (unpaired) electrons. The molecular weight excluding hydrogens is 611 g/mol. The molecular formula is C31H33IrNS-2. The molecule has 179 valence electrons. The van der Waals surface area contributed by atoms with Gasteiger partial charge in [-0.15, -0.1) is 5.56 Å². The van der Waals surface area contributed by atoms with E-state index in [-0.39, 0.29) is 20.1 Å². The maximum atomic E-state index is 3.59. The molecule has 0 amide bonds. The van der Waals surface area contributed by atoms with Crippen molar-refractivity contribution in [3.63, 3.8) is 0 Å². The monoisotopic (exact) mass is 644 g/mol. The van der Waals surface area contributed by atoms with Gasteiger partial charge in [-0.25, -0.2) is 0 Å². The summed E-state index contributed by atoms with van der Waals surface area (Å²) in [6.45, 7) is 16.0. The third-order valence-electron chi connectivity index (χ3n) is 6.81. The zero-order valence-electron chi connectivity index (χ0n) is 21.1. The van der Waals surface area contributed by atoms with Crippen LogP contribution in [0.2, 0.25) is 0 Å². The van der Waals surface area contributed by atoms with E-state index in [4.69, 9.17) is 0 Å². The van der Waals surface area contributed by atoms with Crippen LogP contribution in [0.4, 0.5) is 5.69 Å². The van der Waals surface area contributed by atoms with Crippen LogP contribution in [0, 0.1) is 24.8 Å². The number of hydrogen-bond acceptors (Lipinski definition) is 2. The van der Waals surface area contributed by atoms with Gasteiger partial charge in [0.2, 0.25) is 0 Å². The Bertz CT molecular complexity index is 1240. The molecule has 34 heavy (non-hydrogen) atoms. The number of thioether (sulfide) groups is 1. The molecule has 0 atom stereocenters. The normalized spacial score (nSPS) is 14.5. The van der Waals surface area contributed by atoms with E-state index in [0.717, 1.165) is 0 Å². The second kappa shape index (κ2) is 9.69. The van der Waals surface area contributed by atoms with E-state index in [2.05, 4.69) is 114 Å². The Morgan fingerprint density at radius 3 is 2.12 bits per heavy atom. The Hall–Kier alpha value is -1.80. The van der Waals surface area contributed by atoms with Crippen molar-refractivity contribution in [2.75, 3.05) is 4.90 Å². The van der Waals surface area contributed by atoms with Gasteiger partial charge in [-0.1, -0.05) is 96.1 Å². The molecule has 1 nitrogen and oxygen atoms in total. The van der Waals surface area contributed by atoms with Crippen LogP contribution >= 0.6 is 11.8 Å². The first-order valence-electron chi connectivity index (χ1n) is 12.1. The average Bonchev–Trinajstić information content (AvgIpc) is 3.24. The number of benzene rings is 3. The van der Waals surface area contributed by atoms with Crippen LogP contribution in [0.25, 0.3) is 28.0 Å². The van der Waals surface area contributed by atoms with Gasteiger partial charge in [-0.3, -0.25) is 11.8 Å². The largest absolute Gasteiger partial charge is 0.503 e. The molecule has 2 aliphatic heterocycles. The van der Waals surface area contributed by atoms with E-state index < -0.39 is 0 Å². The van der Waals surface area contributed by atoms with E-state index in [0.29, 0.717) is 17.8 Å². The van der Waals surface area contributed by atoms with E-state index in [1.165, 1.54) is 60.8 Å². The smallest absolute Gasteiger partial charge is 0.0248 e. The van der Waals surface area contributed by atoms with Crippen molar-refractivity contribution in [1.29, 1.82) is 0 Å². The van der Waals surface area contributed by atoms with Crippen molar-refractivity contribution in [2.24, 2.45) is 5.92 Å². The van der Waals surface area contributed by atoms with Crippen molar-refractivity contribution < 1.29 is 20.1 Å². The van der Waals surface area contributed by atoms with Gasteiger partial charge in [-0.05, 0) is 50.5 Å². The predicted octanol–water partition coefficient (Wildman–Crippen LogP) is 9.38. The van der Waals surface area contributed by atoms with Crippen molar-refractivity contribution in [2.45, 2.75) is 60.3 Å². The summed E-state index contributed by atoms with van der Waals surface area (Å²) >= 11 is 1.86. The summed E-state index contributed by atoms with van der Waals surface area (Å²) in [6.07, 6.45) is 0. The summed E-state index contributed by atoms with van der Waals surface area (Å²) in [7, 11) is 0. The van der Waals surface area contributed by atoms with Gasteiger partial charge in [0.1, 0.15) is 0 Å². The minimum absolute atomic E-state index is 0. The van der Waals surface area contributed by atoms with Crippen LogP contribution in [0.5, 0.6) is 0 Å². The molecule has 0 bridgehead atoms. The van der Waals surface area contributed by atoms with Gasteiger partial charge >= 0.3 is 0 Å². The first kappa shape index (κ1) is 25.3. The molecule has 0 aromatic heterocycles. The van der Waals surface area contributed by atoms with Crippen LogP contribution in [-0.4, -0.2) is 0 Å². The quantitative estimate of drug-likeness (QED) is 0.261. The first-order chi connectivity index (χ1) is 15.8. The molecule has 0 fully saturated rings. The minimum Gasteiger partial charge on any atom is -0.503 e. The number of anilines is 1. The maximum absolute atomic E-state index is 3.59. The Morgan fingerprint density at radius 1 is 0.824 bits per heavy atom. The molecule has 2 aliphatic rings. The summed E-state index contributed by atoms with van der Waals surface area (Å²) < 4.78 is 0. The topological polar surface area (TPSA) is 3.24 Å². The number of fused-ring (bicyclic) bond motifs is 6. The zero-order valence-corrected chi connectivity index (χ0v) is 24.3. The summed E-state index contributed by atoms with van der Waals surface area (Å²) in [4.78, 5) is 3.80. The number of rotatable bonds is 4. The van der Waals surface area contributed by atoms with E-state index >= 15 is 0 Å². The Labute approximate surface area is 223 Å². The van der Waals surface area contributed by atoms with Crippen molar-refractivity contribution in [3.8, 4) is 22.3 Å². The molecule has 0 saturated heterocycles. The SMILES string of the molecule is Cc1c[c-]c2c(c1)-c1cc(-c3c(C(C)C)cccc3C(C)C)ccc1C1=C(C(C)C)S[CH-]N12.[Ir]. The second-order valence-electron chi connectivity index (χ2n) is 10.3. The van der Waals surface area contributed by atoms with Crippen LogP contribution in [-0.2, 0) is 20.1 Å². The minimum atomic E-state index is 0. The predicted molar refractivity (Wildman–Crippen MR) is 145 cm³/mol. The second-order valence-corrected chi connectivity index (χ2v) is 11.2. The number of allylic oxidation sites excluding steroid dienone is 1. The fraction of sp³-hybridized carbons (Fsp3) is 0.323. The van der Waals surface area contributed by atoms with Gasteiger partial charge < -0.3 is 4.90 Å². The van der Waals surface area contributed by atoms with Crippen molar-refractivity contribution in [3.05, 3.63) is 87.6 Å². The molecule has 3 heteroatoms. The van der Waals surface area contributed by atoms with Crippen LogP contribution in [0.3, 0.4) is 0 Å². The van der Waals surface area contributed by atoms with Crippen LogP contribution in [0.15, 0.2) is 53.4 Å². The zero-order chi connectivity index (χ0) is 23.4. The average molecular weight is 644 g/mol. The Balaban J connectivity index is 0.00000274. The van der Waals surface area contributed by atoms with Crippen LogP contribution in [0.1, 0.15) is 75.6 Å². The third-order valence-corrected chi connectivity index (χ3v) is 8.05. The molecule has 3 aromatic rings.